The molecular formula is C11H15N5O3S. The lowest BCUT2D eigenvalue weighted by molar-refractivity contribution is 0.462. The van der Waals surface area contributed by atoms with Crippen molar-refractivity contribution in [3.8, 4) is 0 Å². The van der Waals surface area contributed by atoms with Gasteiger partial charge in [-0.2, -0.15) is 0 Å². The van der Waals surface area contributed by atoms with Crippen molar-refractivity contribution in [1.29, 1.82) is 0 Å². The van der Waals surface area contributed by atoms with E-state index in [0.29, 0.717) is 11.7 Å². The molecule has 0 aliphatic rings. The number of aromatic nitrogens is 2. The third-order valence-electron chi connectivity index (χ3n) is 2.67. The molecule has 0 aliphatic carbocycles. The van der Waals surface area contributed by atoms with Crippen LogP contribution in [-0.2, 0) is 16.6 Å². The van der Waals surface area contributed by atoms with Crippen LogP contribution < -0.4 is 16.0 Å². The van der Waals surface area contributed by atoms with Crippen LogP contribution in [0.5, 0.6) is 0 Å². The predicted octanol–water partition coefficient (Wildman–Crippen LogP) is 0.451. The number of anilines is 1. The highest BCUT2D eigenvalue weighted by atomic mass is 32.2. The van der Waals surface area contributed by atoms with E-state index >= 15 is 0 Å². The van der Waals surface area contributed by atoms with Gasteiger partial charge in [0, 0.05) is 6.20 Å². The maximum absolute atomic E-state index is 12.1. The van der Waals surface area contributed by atoms with Crippen LogP contribution in [0.4, 0.5) is 5.69 Å². The minimum Gasteiger partial charge on any atom is -0.444 e. The zero-order valence-corrected chi connectivity index (χ0v) is 11.9. The van der Waals surface area contributed by atoms with E-state index < -0.39 is 10.0 Å². The molecule has 0 radical (unpaired) electrons. The van der Waals surface area contributed by atoms with Gasteiger partial charge in [-0.1, -0.05) is 0 Å². The highest BCUT2D eigenvalue weighted by Crippen LogP contribution is 2.17. The van der Waals surface area contributed by atoms with E-state index in [1.807, 2.05) is 0 Å². The summed E-state index contributed by atoms with van der Waals surface area (Å²) in [4.78, 5) is 7.91. The van der Waals surface area contributed by atoms with E-state index in [-0.39, 0.29) is 17.3 Å². The molecule has 108 valence electrons. The zero-order chi connectivity index (χ0) is 14.8. The molecule has 9 heteroatoms. The van der Waals surface area contributed by atoms with Crippen molar-refractivity contribution in [3.63, 3.8) is 0 Å². The maximum Gasteiger partial charge on any atom is 0.260 e. The molecule has 2 rings (SSSR count). The average molecular weight is 297 g/mol. The number of hydrazine groups is 1. The topological polar surface area (TPSA) is 123 Å². The summed E-state index contributed by atoms with van der Waals surface area (Å²) >= 11 is 0. The molecule has 20 heavy (non-hydrogen) atoms. The van der Waals surface area contributed by atoms with Crippen LogP contribution in [0.3, 0.4) is 0 Å². The summed E-state index contributed by atoms with van der Waals surface area (Å²) in [6.07, 6.45) is 1.37. The fourth-order valence-corrected chi connectivity index (χ4v) is 2.62. The lowest BCUT2D eigenvalue weighted by Crippen LogP contribution is -2.26. The van der Waals surface area contributed by atoms with E-state index in [1.165, 1.54) is 12.3 Å². The summed E-state index contributed by atoms with van der Waals surface area (Å²) in [6.45, 7) is 3.49. The predicted molar refractivity (Wildman–Crippen MR) is 72.0 cm³/mol. The monoisotopic (exact) mass is 297 g/mol. The Hall–Kier alpha value is -1.97. The molecule has 4 N–H and O–H groups in total. The highest BCUT2D eigenvalue weighted by Gasteiger charge is 2.20. The van der Waals surface area contributed by atoms with Gasteiger partial charge in [0.15, 0.2) is 5.03 Å². The Morgan fingerprint density at radius 3 is 2.75 bits per heavy atom. The Kier molecular flexibility index (Phi) is 4.02. The largest absolute Gasteiger partial charge is 0.444 e. The molecular weight excluding hydrogens is 282 g/mol. The van der Waals surface area contributed by atoms with E-state index in [4.69, 9.17) is 10.3 Å². The van der Waals surface area contributed by atoms with Crippen LogP contribution in [0.1, 0.15) is 17.3 Å². The Bertz CT molecular complexity index is 691. The number of sulfonamides is 1. The molecule has 0 spiro atoms. The number of nitrogens with zero attached hydrogens (tertiary/aromatic N) is 2. The summed E-state index contributed by atoms with van der Waals surface area (Å²) in [5.41, 5.74) is 3.22. The van der Waals surface area contributed by atoms with Gasteiger partial charge in [0.1, 0.15) is 5.76 Å². The number of rotatable bonds is 5. The van der Waals surface area contributed by atoms with Gasteiger partial charge in [0.05, 0.1) is 17.9 Å². The molecule has 0 aliphatic heterocycles. The van der Waals surface area contributed by atoms with Gasteiger partial charge in [0.2, 0.25) is 5.89 Å². The number of nitrogen functional groups attached to an aromatic ring is 1. The summed E-state index contributed by atoms with van der Waals surface area (Å²) in [6, 6.07) is 3.09. The van der Waals surface area contributed by atoms with Crippen LogP contribution in [-0.4, -0.2) is 18.4 Å². The normalized spacial score (nSPS) is 11.6. The molecule has 2 aromatic heterocycles. The van der Waals surface area contributed by atoms with Crippen LogP contribution in [0.15, 0.2) is 27.8 Å². The fraction of sp³-hybridized carbons (Fsp3) is 0.273. The number of nitrogens with two attached hydrogens (primary N) is 1. The quantitative estimate of drug-likeness (QED) is 0.540. The van der Waals surface area contributed by atoms with Crippen molar-refractivity contribution in [2.45, 2.75) is 25.4 Å². The number of nitrogens with one attached hydrogen (secondary N) is 2. The first-order valence-electron chi connectivity index (χ1n) is 5.78. The Morgan fingerprint density at radius 2 is 2.15 bits per heavy atom. The first-order chi connectivity index (χ1) is 9.44. The molecule has 0 saturated carbocycles. The first kappa shape index (κ1) is 14.4. The molecule has 2 aromatic rings. The first-order valence-corrected chi connectivity index (χ1v) is 7.26. The Labute approximate surface area is 116 Å². The molecule has 0 saturated heterocycles. The number of hydrogen-bond donors (Lipinski definition) is 3. The smallest absolute Gasteiger partial charge is 0.260 e. The maximum atomic E-state index is 12.1. The molecule has 0 aromatic carbocycles. The lowest BCUT2D eigenvalue weighted by atomic mass is 10.4. The standard InChI is InChI=1S/C11H15N5O3S/c1-7-8(2)19-10(15-7)6-14-20(17,18)11-9(16-12)4-3-5-13-11/h3-5,14,16H,6,12H2,1-2H3. The zero-order valence-electron chi connectivity index (χ0n) is 11.0. The van der Waals surface area contributed by atoms with E-state index in [0.717, 1.165) is 5.69 Å². The Morgan fingerprint density at radius 1 is 1.40 bits per heavy atom. The number of pyridine rings is 1. The lowest BCUT2D eigenvalue weighted by Gasteiger charge is -2.08. The van der Waals surface area contributed by atoms with E-state index in [2.05, 4.69) is 20.1 Å². The molecule has 8 nitrogen and oxygen atoms in total. The van der Waals surface area contributed by atoms with Crippen molar-refractivity contribution in [2.75, 3.05) is 5.43 Å². The second kappa shape index (κ2) is 5.57. The summed E-state index contributed by atoms with van der Waals surface area (Å²) in [5, 5.41) is -0.178. The number of aryl methyl sites for hydroxylation is 2. The van der Waals surface area contributed by atoms with Gasteiger partial charge in [0.25, 0.3) is 10.0 Å². The third-order valence-corrected chi connectivity index (χ3v) is 4.03. The van der Waals surface area contributed by atoms with Crippen molar-refractivity contribution < 1.29 is 12.8 Å². The van der Waals surface area contributed by atoms with Crippen molar-refractivity contribution >= 4 is 15.7 Å². The molecule has 0 bridgehead atoms. The Balaban J connectivity index is 2.19. The molecule has 2 heterocycles. The molecule has 0 unspecified atom stereocenters. The number of hydrogen-bond acceptors (Lipinski definition) is 7. The molecule has 0 amide bonds. The van der Waals surface area contributed by atoms with Crippen molar-refractivity contribution in [1.82, 2.24) is 14.7 Å². The SMILES string of the molecule is Cc1nc(CNS(=O)(=O)c2ncccc2NN)oc1C. The van der Waals surface area contributed by atoms with Crippen LogP contribution in [0.2, 0.25) is 0 Å². The second-order valence-electron chi connectivity index (χ2n) is 4.07. The van der Waals surface area contributed by atoms with Gasteiger partial charge in [-0.3, -0.25) is 5.84 Å². The van der Waals surface area contributed by atoms with Crippen LogP contribution in [0, 0.1) is 13.8 Å². The fourth-order valence-electron chi connectivity index (χ4n) is 1.55. The van der Waals surface area contributed by atoms with Crippen molar-refractivity contribution in [2.24, 2.45) is 5.84 Å². The summed E-state index contributed by atoms with van der Waals surface area (Å²) < 4.78 is 31.9. The molecule has 0 fully saturated rings. The van der Waals surface area contributed by atoms with Crippen molar-refractivity contribution in [3.05, 3.63) is 35.7 Å². The number of oxazole rings is 1. The van der Waals surface area contributed by atoms with Gasteiger partial charge in [-0.25, -0.2) is 23.1 Å². The summed E-state index contributed by atoms with van der Waals surface area (Å²) in [7, 11) is -3.81. The van der Waals surface area contributed by atoms with Crippen LogP contribution in [0.25, 0.3) is 0 Å². The van der Waals surface area contributed by atoms with Gasteiger partial charge in [-0.05, 0) is 26.0 Å². The second-order valence-corrected chi connectivity index (χ2v) is 5.76. The minimum absolute atomic E-state index is 0.0579. The average Bonchev–Trinajstić information content (AvgIpc) is 2.76. The molecule has 0 atom stereocenters. The van der Waals surface area contributed by atoms with E-state index in [9.17, 15) is 8.42 Å². The highest BCUT2D eigenvalue weighted by molar-refractivity contribution is 7.89. The third kappa shape index (κ3) is 2.95. The van der Waals surface area contributed by atoms with E-state index in [1.54, 1.807) is 19.9 Å². The van der Waals surface area contributed by atoms with Gasteiger partial charge in [-0.15, -0.1) is 0 Å². The minimum atomic E-state index is -3.81. The summed E-state index contributed by atoms with van der Waals surface area (Å²) in [5.74, 6) is 6.21. The van der Waals surface area contributed by atoms with Crippen LogP contribution >= 0.6 is 0 Å². The van der Waals surface area contributed by atoms with Gasteiger partial charge >= 0.3 is 0 Å². The van der Waals surface area contributed by atoms with Gasteiger partial charge < -0.3 is 9.84 Å².